The summed E-state index contributed by atoms with van der Waals surface area (Å²) in [6, 6.07) is 14.2. The van der Waals surface area contributed by atoms with Gasteiger partial charge in [0.15, 0.2) is 0 Å². The predicted molar refractivity (Wildman–Crippen MR) is 85.1 cm³/mol. The summed E-state index contributed by atoms with van der Waals surface area (Å²) in [6.45, 7) is 7.83. The van der Waals surface area contributed by atoms with Gasteiger partial charge in [-0.2, -0.15) is 0 Å². The maximum absolute atomic E-state index is 5.74. The lowest BCUT2D eigenvalue weighted by Crippen LogP contribution is -2.13. The fraction of sp³-hybridized carbons (Fsp3) is 0.333. The summed E-state index contributed by atoms with van der Waals surface area (Å²) in [5.74, 6) is 0.915. The largest absolute Gasteiger partial charge is 0.494 e. The first-order chi connectivity index (χ1) is 10.4. The Morgan fingerprint density at radius 2 is 1.95 bits per heavy atom. The minimum atomic E-state index is 0.664. The topological polar surface area (TPSA) is 34.1 Å². The SMILES string of the molecule is [CH]CCNCc1ccc(OCCCc2ccccn2)cc1. The van der Waals surface area contributed by atoms with E-state index in [2.05, 4.69) is 22.4 Å². The van der Waals surface area contributed by atoms with Gasteiger partial charge < -0.3 is 10.1 Å². The highest BCUT2D eigenvalue weighted by atomic mass is 16.5. The van der Waals surface area contributed by atoms with Crippen LogP contribution < -0.4 is 10.1 Å². The Labute approximate surface area is 127 Å². The third-order valence-corrected chi connectivity index (χ3v) is 3.15. The molecule has 0 spiro atoms. The highest BCUT2D eigenvalue weighted by Crippen LogP contribution is 2.12. The Morgan fingerprint density at radius 3 is 2.67 bits per heavy atom. The van der Waals surface area contributed by atoms with Crippen LogP contribution in [0.15, 0.2) is 48.7 Å². The molecule has 3 heteroatoms. The first kappa shape index (κ1) is 15.5. The number of benzene rings is 1. The molecule has 21 heavy (non-hydrogen) atoms. The summed E-state index contributed by atoms with van der Waals surface area (Å²) < 4.78 is 5.74. The van der Waals surface area contributed by atoms with Crippen molar-refractivity contribution in [1.82, 2.24) is 10.3 Å². The number of nitrogens with one attached hydrogen (secondary N) is 1. The van der Waals surface area contributed by atoms with Crippen molar-refractivity contribution in [3.63, 3.8) is 0 Å². The number of aryl methyl sites for hydroxylation is 1. The number of nitrogens with zero attached hydrogens (tertiary/aromatic N) is 1. The highest BCUT2D eigenvalue weighted by Gasteiger charge is 1.97. The van der Waals surface area contributed by atoms with E-state index in [1.807, 2.05) is 36.5 Å². The third-order valence-electron chi connectivity index (χ3n) is 3.15. The molecule has 0 unspecified atom stereocenters. The van der Waals surface area contributed by atoms with Crippen LogP contribution in [0.1, 0.15) is 24.1 Å². The lowest BCUT2D eigenvalue weighted by atomic mass is 10.2. The molecule has 0 atom stereocenters. The fourth-order valence-electron chi connectivity index (χ4n) is 2.03. The van der Waals surface area contributed by atoms with Crippen LogP contribution in [0.4, 0.5) is 0 Å². The first-order valence-corrected chi connectivity index (χ1v) is 7.41. The first-order valence-electron chi connectivity index (χ1n) is 7.41. The Kier molecular flexibility index (Phi) is 6.75. The van der Waals surface area contributed by atoms with E-state index in [4.69, 9.17) is 11.7 Å². The van der Waals surface area contributed by atoms with Gasteiger partial charge in [0.2, 0.25) is 0 Å². The second kappa shape index (κ2) is 9.14. The zero-order valence-electron chi connectivity index (χ0n) is 12.3. The van der Waals surface area contributed by atoms with Gasteiger partial charge in [-0.15, -0.1) is 0 Å². The lowest BCUT2D eigenvalue weighted by Gasteiger charge is -2.08. The molecule has 0 saturated carbocycles. The van der Waals surface area contributed by atoms with Crippen LogP contribution in [0.3, 0.4) is 0 Å². The number of ether oxygens (including phenoxy) is 1. The number of pyridine rings is 1. The van der Waals surface area contributed by atoms with Crippen LogP contribution in [0.25, 0.3) is 0 Å². The number of hydrogen-bond acceptors (Lipinski definition) is 3. The zero-order chi connectivity index (χ0) is 14.8. The molecule has 0 bridgehead atoms. The van der Waals surface area contributed by atoms with Crippen LogP contribution in [-0.4, -0.2) is 18.1 Å². The average Bonchev–Trinajstić information content (AvgIpc) is 2.54. The Morgan fingerprint density at radius 1 is 1.10 bits per heavy atom. The summed E-state index contributed by atoms with van der Waals surface area (Å²) in [7, 11) is 0. The van der Waals surface area contributed by atoms with Gasteiger partial charge in [0, 0.05) is 18.4 Å². The van der Waals surface area contributed by atoms with Crippen molar-refractivity contribution in [1.29, 1.82) is 0 Å². The molecule has 3 nitrogen and oxygen atoms in total. The van der Waals surface area contributed by atoms with E-state index in [9.17, 15) is 0 Å². The summed E-state index contributed by atoms with van der Waals surface area (Å²) in [4.78, 5) is 4.30. The molecule has 1 N–H and O–H groups in total. The molecular weight excluding hydrogens is 260 g/mol. The molecule has 2 aromatic rings. The summed E-state index contributed by atoms with van der Waals surface area (Å²) in [5, 5.41) is 3.27. The maximum Gasteiger partial charge on any atom is 0.119 e. The van der Waals surface area contributed by atoms with Gasteiger partial charge in [0.1, 0.15) is 5.75 Å². The Bertz CT molecular complexity index is 496. The van der Waals surface area contributed by atoms with Crippen molar-refractivity contribution >= 4 is 0 Å². The molecule has 0 aliphatic rings. The molecule has 0 aliphatic heterocycles. The summed E-state index contributed by atoms with van der Waals surface area (Å²) in [5.41, 5.74) is 2.35. The molecule has 0 saturated heterocycles. The van der Waals surface area contributed by atoms with Crippen molar-refractivity contribution in [3.05, 3.63) is 66.8 Å². The van der Waals surface area contributed by atoms with Gasteiger partial charge in [-0.1, -0.05) is 18.2 Å². The van der Waals surface area contributed by atoms with E-state index in [0.29, 0.717) is 13.0 Å². The van der Waals surface area contributed by atoms with E-state index in [1.54, 1.807) is 0 Å². The van der Waals surface area contributed by atoms with E-state index in [-0.39, 0.29) is 0 Å². The van der Waals surface area contributed by atoms with Gasteiger partial charge in [0.25, 0.3) is 0 Å². The van der Waals surface area contributed by atoms with Crippen molar-refractivity contribution < 1.29 is 4.74 Å². The number of hydrogen-bond donors (Lipinski definition) is 1. The molecule has 0 amide bonds. The van der Waals surface area contributed by atoms with Crippen LogP contribution >= 0.6 is 0 Å². The molecule has 0 fully saturated rings. The number of rotatable bonds is 9. The maximum atomic E-state index is 5.74. The van der Waals surface area contributed by atoms with E-state index >= 15 is 0 Å². The van der Waals surface area contributed by atoms with Gasteiger partial charge in [-0.05, 0) is 62.6 Å². The van der Waals surface area contributed by atoms with E-state index < -0.39 is 0 Å². The smallest absolute Gasteiger partial charge is 0.119 e. The molecule has 1 heterocycles. The molecule has 1 aromatic carbocycles. The molecule has 1 aromatic heterocycles. The molecule has 2 radical (unpaired) electrons. The third kappa shape index (κ3) is 5.96. The average molecular weight is 282 g/mol. The van der Waals surface area contributed by atoms with Crippen molar-refractivity contribution in [2.75, 3.05) is 13.2 Å². The summed E-state index contributed by atoms with van der Waals surface area (Å²) >= 11 is 0. The van der Waals surface area contributed by atoms with Gasteiger partial charge in [-0.3, -0.25) is 4.98 Å². The monoisotopic (exact) mass is 282 g/mol. The fourth-order valence-corrected chi connectivity index (χ4v) is 2.03. The normalized spacial score (nSPS) is 10.5. The van der Waals surface area contributed by atoms with Crippen LogP contribution in [0.2, 0.25) is 0 Å². The van der Waals surface area contributed by atoms with Crippen molar-refractivity contribution in [2.45, 2.75) is 25.8 Å². The van der Waals surface area contributed by atoms with Crippen LogP contribution in [-0.2, 0) is 13.0 Å². The quantitative estimate of drug-likeness (QED) is 0.717. The molecule has 2 rings (SSSR count). The van der Waals surface area contributed by atoms with E-state index in [0.717, 1.165) is 37.4 Å². The Hall–Kier alpha value is -1.87. The minimum absolute atomic E-state index is 0.664. The van der Waals surface area contributed by atoms with Crippen molar-refractivity contribution in [3.8, 4) is 5.75 Å². The van der Waals surface area contributed by atoms with Gasteiger partial charge >= 0.3 is 0 Å². The second-order valence-corrected chi connectivity index (χ2v) is 4.88. The van der Waals surface area contributed by atoms with Gasteiger partial charge in [0.05, 0.1) is 6.61 Å². The standard InChI is InChI=1S/C18H22N2O/c1-2-12-19-15-16-8-10-18(11-9-16)21-14-5-7-17-6-3-4-13-20-17/h1,3-4,6,8-11,13,19H,2,5,7,12,14-15H2. The van der Waals surface area contributed by atoms with E-state index in [1.165, 1.54) is 5.56 Å². The number of aromatic nitrogens is 1. The Balaban J connectivity index is 1.66. The molecule has 0 aliphatic carbocycles. The lowest BCUT2D eigenvalue weighted by molar-refractivity contribution is 0.310. The summed E-state index contributed by atoms with van der Waals surface area (Å²) in [6.07, 6.45) is 4.41. The highest BCUT2D eigenvalue weighted by molar-refractivity contribution is 5.27. The minimum Gasteiger partial charge on any atom is -0.494 e. The van der Waals surface area contributed by atoms with Crippen molar-refractivity contribution in [2.24, 2.45) is 0 Å². The van der Waals surface area contributed by atoms with Crippen LogP contribution in [0, 0.1) is 6.92 Å². The molecular formula is C18H22N2O. The predicted octanol–water partition coefficient (Wildman–Crippen LogP) is 3.28. The van der Waals surface area contributed by atoms with Crippen LogP contribution in [0.5, 0.6) is 5.75 Å². The van der Waals surface area contributed by atoms with Gasteiger partial charge in [-0.25, -0.2) is 0 Å². The zero-order valence-corrected chi connectivity index (χ0v) is 12.3. The second-order valence-electron chi connectivity index (χ2n) is 4.88. The molecule has 110 valence electrons.